The van der Waals surface area contributed by atoms with E-state index < -0.39 is 12.0 Å². The number of nitrogens with zero attached hydrogens (tertiary/aromatic N) is 2. The average Bonchev–Trinajstić information content (AvgIpc) is 2.82. The van der Waals surface area contributed by atoms with Gasteiger partial charge in [-0.25, -0.2) is 0 Å². The van der Waals surface area contributed by atoms with Gasteiger partial charge < -0.3 is 10.1 Å². The van der Waals surface area contributed by atoms with Gasteiger partial charge in [0.05, 0.1) is 6.10 Å². The molecule has 1 aromatic rings. The number of ether oxygens (including phenoxy) is 1. The van der Waals surface area contributed by atoms with Crippen molar-refractivity contribution in [2.75, 3.05) is 18.5 Å². The van der Waals surface area contributed by atoms with Crippen LogP contribution in [0.25, 0.3) is 0 Å². The fraction of sp³-hybridized carbons (Fsp3) is 0.778. The summed E-state index contributed by atoms with van der Waals surface area (Å²) >= 11 is 0.728. The van der Waals surface area contributed by atoms with Gasteiger partial charge >= 0.3 is 6.18 Å². The van der Waals surface area contributed by atoms with Crippen molar-refractivity contribution in [3.05, 3.63) is 5.82 Å². The van der Waals surface area contributed by atoms with E-state index in [1.807, 2.05) is 6.92 Å². The number of nitrogens with one attached hydrogen (secondary N) is 1. The van der Waals surface area contributed by atoms with Gasteiger partial charge in [0.15, 0.2) is 0 Å². The molecule has 1 N–H and O–H groups in total. The molecule has 0 aliphatic carbocycles. The second-order valence-electron chi connectivity index (χ2n) is 3.93. The number of aromatic nitrogens is 2. The third-order valence-electron chi connectivity index (χ3n) is 2.73. The van der Waals surface area contributed by atoms with Crippen LogP contribution in [-0.4, -0.2) is 28.6 Å². The van der Waals surface area contributed by atoms with E-state index in [9.17, 15) is 13.2 Å². The quantitative estimate of drug-likeness (QED) is 0.913. The van der Waals surface area contributed by atoms with Crippen molar-refractivity contribution in [2.45, 2.75) is 25.6 Å². The van der Waals surface area contributed by atoms with Gasteiger partial charge in [0, 0.05) is 30.6 Å². The van der Waals surface area contributed by atoms with Crippen molar-refractivity contribution in [3.8, 4) is 0 Å². The minimum absolute atomic E-state index is 0.137. The van der Waals surface area contributed by atoms with Crippen molar-refractivity contribution in [1.82, 2.24) is 9.36 Å². The minimum atomic E-state index is -4.47. The van der Waals surface area contributed by atoms with Crippen molar-refractivity contribution in [3.63, 3.8) is 0 Å². The maximum Gasteiger partial charge on any atom is 0.452 e. The minimum Gasteiger partial charge on any atom is -0.378 e. The predicted octanol–water partition coefficient (Wildman–Crippen LogP) is 2.39. The molecule has 2 unspecified atom stereocenters. The Kier molecular flexibility index (Phi) is 3.53. The van der Waals surface area contributed by atoms with Crippen LogP contribution in [0.2, 0.25) is 0 Å². The number of hydrogen-bond acceptors (Lipinski definition) is 5. The molecule has 0 amide bonds. The van der Waals surface area contributed by atoms with Crippen LogP contribution >= 0.6 is 11.5 Å². The maximum absolute atomic E-state index is 12.2. The van der Waals surface area contributed by atoms with Crippen LogP contribution in [0.4, 0.5) is 18.3 Å². The van der Waals surface area contributed by atoms with E-state index in [0.717, 1.165) is 18.0 Å². The number of alkyl halides is 3. The van der Waals surface area contributed by atoms with Crippen LogP contribution in [-0.2, 0) is 10.9 Å². The SMILES string of the molecule is CC1OCCC1CNc1nc(C(F)(F)F)ns1. The van der Waals surface area contributed by atoms with E-state index >= 15 is 0 Å². The summed E-state index contributed by atoms with van der Waals surface area (Å²) in [5.74, 6) is -0.769. The van der Waals surface area contributed by atoms with Crippen molar-refractivity contribution in [2.24, 2.45) is 5.92 Å². The van der Waals surface area contributed by atoms with Crippen molar-refractivity contribution < 1.29 is 17.9 Å². The van der Waals surface area contributed by atoms with E-state index in [1.54, 1.807) is 0 Å². The third kappa shape index (κ3) is 3.06. The highest BCUT2D eigenvalue weighted by atomic mass is 32.1. The summed E-state index contributed by atoms with van der Waals surface area (Å²) in [5.41, 5.74) is 0. The molecule has 96 valence electrons. The highest BCUT2D eigenvalue weighted by molar-refractivity contribution is 7.09. The largest absolute Gasteiger partial charge is 0.452 e. The molecule has 0 saturated carbocycles. The lowest BCUT2D eigenvalue weighted by Crippen LogP contribution is -2.20. The number of halogens is 3. The zero-order valence-electron chi connectivity index (χ0n) is 9.12. The van der Waals surface area contributed by atoms with Gasteiger partial charge in [-0.1, -0.05) is 0 Å². The summed E-state index contributed by atoms with van der Waals surface area (Å²) in [6, 6.07) is 0. The first-order valence-corrected chi connectivity index (χ1v) is 6.00. The lowest BCUT2D eigenvalue weighted by molar-refractivity contribution is -0.144. The Bertz CT molecular complexity index is 382. The third-order valence-corrected chi connectivity index (χ3v) is 3.40. The van der Waals surface area contributed by atoms with Gasteiger partial charge in [0.2, 0.25) is 11.0 Å². The van der Waals surface area contributed by atoms with E-state index in [1.165, 1.54) is 0 Å². The van der Waals surface area contributed by atoms with Crippen LogP contribution in [0, 0.1) is 5.92 Å². The predicted molar refractivity (Wildman–Crippen MR) is 56.9 cm³/mol. The molecule has 2 heterocycles. The second kappa shape index (κ2) is 4.77. The molecule has 1 aliphatic rings. The second-order valence-corrected chi connectivity index (χ2v) is 4.68. The smallest absolute Gasteiger partial charge is 0.378 e. The van der Waals surface area contributed by atoms with Crippen LogP contribution < -0.4 is 5.32 Å². The summed E-state index contributed by atoms with van der Waals surface area (Å²) < 4.78 is 45.3. The molecule has 1 aromatic heterocycles. The highest BCUT2D eigenvalue weighted by Crippen LogP contribution is 2.29. The Labute approximate surface area is 100 Å². The average molecular weight is 267 g/mol. The normalized spacial score (nSPS) is 25.2. The first-order valence-electron chi connectivity index (χ1n) is 5.23. The number of hydrogen-bond donors (Lipinski definition) is 1. The first kappa shape index (κ1) is 12.6. The lowest BCUT2D eigenvalue weighted by atomic mass is 10.0. The Morgan fingerprint density at radius 1 is 1.53 bits per heavy atom. The summed E-state index contributed by atoms with van der Waals surface area (Å²) in [5, 5.41) is 3.08. The summed E-state index contributed by atoms with van der Waals surface area (Å²) in [7, 11) is 0. The first-order chi connectivity index (χ1) is 7.97. The van der Waals surface area contributed by atoms with E-state index in [0.29, 0.717) is 19.1 Å². The molecule has 0 radical (unpaired) electrons. The van der Waals surface area contributed by atoms with Crippen molar-refractivity contribution in [1.29, 1.82) is 0 Å². The van der Waals surface area contributed by atoms with Gasteiger partial charge in [-0.3, -0.25) is 0 Å². The van der Waals surface area contributed by atoms with Crippen LogP contribution in [0.5, 0.6) is 0 Å². The maximum atomic E-state index is 12.2. The molecule has 4 nitrogen and oxygen atoms in total. The van der Waals surface area contributed by atoms with Gasteiger partial charge in [0.25, 0.3) is 0 Å². The molecule has 1 fully saturated rings. The van der Waals surface area contributed by atoms with Gasteiger partial charge in [-0.15, -0.1) is 0 Å². The Hall–Kier alpha value is -0.890. The molecule has 8 heteroatoms. The van der Waals surface area contributed by atoms with Crippen molar-refractivity contribution >= 4 is 16.7 Å². The molecule has 0 spiro atoms. The molecule has 2 rings (SSSR count). The van der Waals surface area contributed by atoms with Crippen LogP contribution in [0.15, 0.2) is 0 Å². The molecule has 1 saturated heterocycles. The molecule has 0 bridgehead atoms. The zero-order valence-corrected chi connectivity index (χ0v) is 9.94. The van der Waals surface area contributed by atoms with Crippen LogP contribution in [0.1, 0.15) is 19.2 Å². The van der Waals surface area contributed by atoms with Crippen LogP contribution in [0.3, 0.4) is 0 Å². The van der Waals surface area contributed by atoms with E-state index in [2.05, 4.69) is 14.7 Å². The molecule has 17 heavy (non-hydrogen) atoms. The monoisotopic (exact) mass is 267 g/mol. The number of anilines is 1. The fourth-order valence-corrected chi connectivity index (χ4v) is 2.27. The molecule has 1 aliphatic heterocycles. The molecule has 0 aromatic carbocycles. The highest BCUT2D eigenvalue weighted by Gasteiger charge is 2.36. The standard InChI is InChI=1S/C9H12F3N3OS/c1-5-6(2-3-16-5)4-13-8-14-7(15-17-8)9(10,11)12/h5-6H,2-4H2,1H3,(H,13,14,15). The zero-order chi connectivity index (χ0) is 12.5. The number of rotatable bonds is 3. The van der Waals surface area contributed by atoms with Gasteiger partial charge in [-0.05, 0) is 13.3 Å². The summed E-state index contributed by atoms with van der Waals surface area (Å²) in [6.45, 7) is 3.23. The van der Waals surface area contributed by atoms with E-state index in [4.69, 9.17) is 4.74 Å². The fourth-order valence-electron chi connectivity index (χ4n) is 1.67. The van der Waals surface area contributed by atoms with Gasteiger partial charge in [-0.2, -0.15) is 22.5 Å². The Morgan fingerprint density at radius 2 is 2.29 bits per heavy atom. The van der Waals surface area contributed by atoms with Gasteiger partial charge in [0.1, 0.15) is 0 Å². The Balaban J connectivity index is 1.89. The summed E-state index contributed by atoms with van der Waals surface area (Å²) in [6.07, 6.45) is -3.42. The molecule has 2 atom stereocenters. The topological polar surface area (TPSA) is 47.0 Å². The van der Waals surface area contributed by atoms with E-state index in [-0.39, 0.29) is 11.2 Å². The Morgan fingerprint density at radius 3 is 2.82 bits per heavy atom. The molecular formula is C9H12F3N3OS. The lowest BCUT2D eigenvalue weighted by Gasteiger charge is -2.13. The summed E-state index contributed by atoms with van der Waals surface area (Å²) in [4.78, 5) is 3.40. The molecular weight excluding hydrogens is 255 g/mol.